The van der Waals surface area contributed by atoms with E-state index in [1.807, 2.05) is 35.7 Å². The Morgan fingerprint density at radius 3 is 2.52 bits per heavy atom. The molecule has 1 saturated carbocycles. The summed E-state index contributed by atoms with van der Waals surface area (Å²) >= 11 is 1.38. The van der Waals surface area contributed by atoms with Crippen LogP contribution in [0.4, 0.5) is 10.1 Å². The van der Waals surface area contributed by atoms with Crippen molar-refractivity contribution in [3.8, 4) is 0 Å². The maximum atomic E-state index is 13.3. The molecular weight excluding hydrogens is 387 g/mol. The molecule has 0 atom stereocenters. The Morgan fingerprint density at radius 2 is 1.83 bits per heavy atom. The van der Waals surface area contributed by atoms with E-state index in [0.29, 0.717) is 23.2 Å². The van der Waals surface area contributed by atoms with Crippen LogP contribution in [-0.2, 0) is 17.8 Å². The van der Waals surface area contributed by atoms with Crippen molar-refractivity contribution in [3.63, 3.8) is 0 Å². The van der Waals surface area contributed by atoms with Crippen LogP contribution in [0.15, 0.2) is 66.0 Å². The Hall–Kier alpha value is -2.99. The van der Waals surface area contributed by atoms with Gasteiger partial charge in [-0.3, -0.25) is 9.59 Å². The second kappa shape index (κ2) is 8.57. The van der Waals surface area contributed by atoms with Crippen molar-refractivity contribution in [2.24, 2.45) is 0 Å². The summed E-state index contributed by atoms with van der Waals surface area (Å²) in [6.07, 6.45) is 2.38. The molecule has 4 rings (SSSR count). The van der Waals surface area contributed by atoms with Crippen LogP contribution in [0, 0.1) is 5.82 Å². The molecule has 0 unspecified atom stereocenters. The fourth-order valence-electron chi connectivity index (χ4n) is 3.11. The highest BCUT2D eigenvalue weighted by Crippen LogP contribution is 2.24. The van der Waals surface area contributed by atoms with Crippen molar-refractivity contribution < 1.29 is 14.0 Å². The zero-order chi connectivity index (χ0) is 20.2. The molecule has 148 valence electrons. The summed E-state index contributed by atoms with van der Waals surface area (Å²) in [6, 6.07) is 17.6. The van der Waals surface area contributed by atoms with E-state index in [4.69, 9.17) is 0 Å². The van der Waals surface area contributed by atoms with Gasteiger partial charge in [0.1, 0.15) is 5.82 Å². The second-order valence-electron chi connectivity index (χ2n) is 7.18. The molecule has 2 amide bonds. The molecule has 3 aromatic rings. The van der Waals surface area contributed by atoms with Crippen LogP contribution in [-0.4, -0.2) is 17.9 Å². The smallest absolute Gasteiger partial charge is 0.268 e. The standard InChI is InChI=1S/C23H21FN2O2S/c24-18-8-6-16(7-9-18)15-26(23(28)21-5-2-12-29-21)20-4-1-3-17(13-20)14-22(27)25-19-10-11-19/h1-9,12-13,19H,10-11,14-15H2,(H,25,27). The van der Waals surface area contributed by atoms with E-state index in [1.165, 1.54) is 23.5 Å². The third-order valence-corrected chi connectivity index (χ3v) is 5.62. The summed E-state index contributed by atoms with van der Waals surface area (Å²) in [5.74, 6) is -0.434. The van der Waals surface area contributed by atoms with E-state index < -0.39 is 0 Å². The van der Waals surface area contributed by atoms with Gasteiger partial charge in [0.2, 0.25) is 5.91 Å². The highest BCUT2D eigenvalue weighted by molar-refractivity contribution is 7.12. The zero-order valence-corrected chi connectivity index (χ0v) is 16.6. The van der Waals surface area contributed by atoms with Gasteiger partial charge in [0.15, 0.2) is 0 Å². The lowest BCUT2D eigenvalue weighted by Crippen LogP contribution is -2.30. The third kappa shape index (κ3) is 5.09. The van der Waals surface area contributed by atoms with Crippen molar-refractivity contribution in [3.05, 3.63) is 87.9 Å². The van der Waals surface area contributed by atoms with Crippen molar-refractivity contribution in [2.45, 2.75) is 31.8 Å². The highest BCUT2D eigenvalue weighted by Gasteiger charge is 2.23. The number of carbonyl (C=O) groups excluding carboxylic acids is 2. The van der Waals surface area contributed by atoms with E-state index in [9.17, 15) is 14.0 Å². The number of nitrogens with one attached hydrogen (secondary N) is 1. The van der Waals surface area contributed by atoms with Crippen LogP contribution in [0.2, 0.25) is 0 Å². The number of thiophene rings is 1. The number of carbonyl (C=O) groups is 2. The molecule has 4 nitrogen and oxygen atoms in total. The first-order chi connectivity index (χ1) is 14.1. The predicted octanol–water partition coefficient (Wildman–Crippen LogP) is 4.56. The number of rotatable bonds is 7. The van der Waals surface area contributed by atoms with Gasteiger partial charge >= 0.3 is 0 Å². The first kappa shape index (κ1) is 19.3. The Kier molecular flexibility index (Phi) is 5.71. The molecule has 0 aliphatic heterocycles. The first-order valence-corrected chi connectivity index (χ1v) is 10.4. The minimum atomic E-state index is -0.312. The molecule has 0 radical (unpaired) electrons. The van der Waals surface area contributed by atoms with Gasteiger partial charge in [0, 0.05) is 11.7 Å². The second-order valence-corrected chi connectivity index (χ2v) is 8.13. The summed E-state index contributed by atoms with van der Waals surface area (Å²) in [6.45, 7) is 0.314. The lowest BCUT2D eigenvalue weighted by atomic mass is 10.1. The lowest BCUT2D eigenvalue weighted by Gasteiger charge is -2.23. The Labute approximate surface area is 173 Å². The van der Waals surface area contributed by atoms with E-state index >= 15 is 0 Å². The monoisotopic (exact) mass is 408 g/mol. The van der Waals surface area contributed by atoms with Gasteiger partial charge in [-0.25, -0.2) is 4.39 Å². The minimum absolute atomic E-state index is 0.000632. The molecule has 1 aliphatic rings. The molecule has 0 saturated heterocycles. The van der Waals surface area contributed by atoms with Crippen LogP contribution < -0.4 is 10.2 Å². The van der Waals surface area contributed by atoms with Crippen molar-refractivity contribution >= 4 is 28.8 Å². The number of benzene rings is 2. The van der Waals surface area contributed by atoms with Gasteiger partial charge in [0.25, 0.3) is 5.91 Å². The highest BCUT2D eigenvalue weighted by atomic mass is 32.1. The van der Waals surface area contributed by atoms with Crippen LogP contribution in [0.25, 0.3) is 0 Å². The molecule has 1 N–H and O–H groups in total. The van der Waals surface area contributed by atoms with Gasteiger partial charge in [-0.05, 0) is 59.7 Å². The first-order valence-electron chi connectivity index (χ1n) is 9.56. The van der Waals surface area contributed by atoms with Crippen LogP contribution in [0.1, 0.15) is 33.6 Å². The maximum absolute atomic E-state index is 13.3. The topological polar surface area (TPSA) is 49.4 Å². The molecule has 1 aromatic heterocycles. The number of hydrogen-bond donors (Lipinski definition) is 1. The van der Waals surface area contributed by atoms with E-state index in [-0.39, 0.29) is 24.1 Å². The summed E-state index contributed by atoms with van der Waals surface area (Å²) in [7, 11) is 0. The van der Waals surface area contributed by atoms with Crippen LogP contribution in [0.5, 0.6) is 0 Å². The number of hydrogen-bond acceptors (Lipinski definition) is 3. The fourth-order valence-corrected chi connectivity index (χ4v) is 3.78. The van der Waals surface area contributed by atoms with Gasteiger partial charge in [0.05, 0.1) is 17.8 Å². The fraction of sp³-hybridized carbons (Fsp3) is 0.217. The minimum Gasteiger partial charge on any atom is -0.353 e. The molecule has 0 spiro atoms. The number of nitrogens with zero attached hydrogens (tertiary/aromatic N) is 1. The molecule has 1 fully saturated rings. The third-order valence-electron chi connectivity index (χ3n) is 4.76. The average Bonchev–Trinajstić information content (AvgIpc) is 3.35. The molecular formula is C23H21FN2O2S. The van der Waals surface area contributed by atoms with E-state index in [1.54, 1.807) is 23.1 Å². The van der Waals surface area contributed by atoms with Gasteiger partial charge in [-0.2, -0.15) is 0 Å². The summed E-state index contributed by atoms with van der Waals surface area (Å²) in [5, 5.41) is 4.85. The molecule has 29 heavy (non-hydrogen) atoms. The van der Waals surface area contributed by atoms with Gasteiger partial charge in [-0.15, -0.1) is 11.3 Å². The summed E-state index contributed by atoms with van der Waals surface area (Å²) in [4.78, 5) is 27.6. The summed E-state index contributed by atoms with van der Waals surface area (Å²) < 4.78 is 13.3. The molecule has 0 bridgehead atoms. The number of amides is 2. The molecule has 1 aliphatic carbocycles. The number of halogens is 1. The molecule has 2 aromatic carbocycles. The molecule has 6 heteroatoms. The van der Waals surface area contributed by atoms with Crippen molar-refractivity contribution in [2.75, 3.05) is 4.90 Å². The van der Waals surface area contributed by atoms with E-state index in [0.717, 1.165) is 24.0 Å². The summed E-state index contributed by atoms with van der Waals surface area (Å²) in [5.41, 5.74) is 2.39. The van der Waals surface area contributed by atoms with E-state index in [2.05, 4.69) is 5.32 Å². The Balaban J connectivity index is 1.59. The zero-order valence-electron chi connectivity index (χ0n) is 15.8. The van der Waals surface area contributed by atoms with Gasteiger partial charge in [-0.1, -0.05) is 30.3 Å². The quantitative estimate of drug-likeness (QED) is 0.623. The SMILES string of the molecule is O=C(Cc1cccc(N(Cc2ccc(F)cc2)C(=O)c2cccs2)c1)NC1CC1. The Bertz CT molecular complexity index is 998. The maximum Gasteiger partial charge on any atom is 0.268 e. The largest absolute Gasteiger partial charge is 0.353 e. The lowest BCUT2D eigenvalue weighted by molar-refractivity contribution is -0.120. The van der Waals surface area contributed by atoms with Crippen LogP contribution in [0.3, 0.4) is 0 Å². The molecule has 1 heterocycles. The van der Waals surface area contributed by atoms with Crippen molar-refractivity contribution in [1.82, 2.24) is 5.32 Å². The number of anilines is 1. The van der Waals surface area contributed by atoms with Crippen molar-refractivity contribution in [1.29, 1.82) is 0 Å². The predicted molar refractivity (Wildman–Crippen MR) is 113 cm³/mol. The average molecular weight is 408 g/mol. The normalized spacial score (nSPS) is 13.1. The van der Waals surface area contributed by atoms with Crippen LogP contribution >= 0.6 is 11.3 Å². The van der Waals surface area contributed by atoms with Gasteiger partial charge < -0.3 is 10.2 Å². The Morgan fingerprint density at radius 1 is 1.03 bits per heavy atom.